The molecule has 1 saturated heterocycles. The van der Waals surface area contributed by atoms with E-state index in [1.165, 1.54) is 32.1 Å². The van der Waals surface area contributed by atoms with E-state index in [-0.39, 0.29) is 42.4 Å². The lowest BCUT2D eigenvalue weighted by Gasteiger charge is -2.41. The Morgan fingerprint density at radius 3 is 2.42 bits per heavy atom. The maximum atomic E-state index is 14.6. The van der Waals surface area contributed by atoms with Gasteiger partial charge in [0.1, 0.15) is 0 Å². The summed E-state index contributed by atoms with van der Waals surface area (Å²) in [6.45, 7) is 6.27. The molecule has 1 heterocycles. The molecule has 1 saturated carbocycles. The standard InChI is InChI=1S/C19H28ClFN2O.2ClH/c1-2-24-19-16(20)12-15(13-17(19)21)18(14-6-4-3-5-7-14)23-10-8-22-9-11-23;;/h12-14,18,22H,2-11H2,1H3;2*1H/t18-;;/m0../s1. The van der Waals surface area contributed by atoms with Gasteiger partial charge in [0.05, 0.1) is 11.6 Å². The molecule has 1 N–H and O–H groups in total. The summed E-state index contributed by atoms with van der Waals surface area (Å²) in [5.41, 5.74) is 1.01. The average Bonchev–Trinajstić information content (AvgIpc) is 2.60. The first kappa shape index (κ1) is 23.8. The smallest absolute Gasteiger partial charge is 0.173 e. The van der Waals surface area contributed by atoms with Gasteiger partial charge in [-0.2, -0.15) is 0 Å². The lowest BCUT2D eigenvalue weighted by molar-refractivity contribution is 0.103. The van der Waals surface area contributed by atoms with Gasteiger partial charge in [0.25, 0.3) is 0 Å². The molecule has 0 unspecified atom stereocenters. The molecule has 0 aromatic heterocycles. The summed E-state index contributed by atoms with van der Waals surface area (Å²) in [5.74, 6) is 0.436. The van der Waals surface area contributed by atoms with Crippen LogP contribution in [0.1, 0.15) is 50.6 Å². The molecular formula is C19H30Cl3FN2O. The van der Waals surface area contributed by atoms with Gasteiger partial charge in [-0.1, -0.05) is 30.9 Å². The Morgan fingerprint density at radius 1 is 1.19 bits per heavy atom. The minimum Gasteiger partial charge on any atom is -0.489 e. The summed E-state index contributed by atoms with van der Waals surface area (Å²) in [7, 11) is 0. The highest BCUT2D eigenvalue weighted by molar-refractivity contribution is 6.32. The molecule has 0 amide bonds. The summed E-state index contributed by atoms with van der Waals surface area (Å²) in [4.78, 5) is 2.51. The van der Waals surface area contributed by atoms with Crippen molar-refractivity contribution in [2.24, 2.45) is 5.92 Å². The van der Waals surface area contributed by atoms with E-state index in [1.807, 2.05) is 13.0 Å². The van der Waals surface area contributed by atoms with Crippen LogP contribution in [0.2, 0.25) is 5.02 Å². The average molecular weight is 428 g/mol. The predicted molar refractivity (Wildman–Crippen MR) is 111 cm³/mol. The third-order valence-corrected chi connectivity index (χ3v) is 5.57. The molecule has 1 aliphatic carbocycles. The predicted octanol–water partition coefficient (Wildman–Crippen LogP) is 5.25. The SMILES string of the molecule is CCOc1c(F)cc([C@H](C2CCCCC2)N2CCNCC2)cc1Cl.Cl.Cl. The molecule has 26 heavy (non-hydrogen) atoms. The fourth-order valence-corrected chi connectivity index (χ4v) is 4.49. The van der Waals surface area contributed by atoms with Crippen LogP contribution >= 0.6 is 36.4 Å². The van der Waals surface area contributed by atoms with Crippen LogP contribution in [0.5, 0.6) is 5.75 Å². The maximum Gasteiger partial charge on any atom is 0.173 e. The van der Waals surface area contributed by atoms with Crippen molar-refractivity contribution in [2.45, 2.75) is 45.1 Å². The number of ether oxygens (including phenoxy) is 1. The van der Waals surface area contributed by atoms with Gasteiger partial charge in [0.2, 0.25) is 0 Å². The number of hydrogen-bond acceptors (Lipinski definition) is 3. The zero-order valence-electron chi connectivity index (χ0n) is 15.3. The Morgan fingerprint density at radius 2 is 1.85 bits per heavy atom. The van der Waals surface area contributed by atoms with E-state index in [2.05, 4.69) is 10.2 Å². The molecule has 150 valence electrons. The third-order valence-electron chi connectivity index (χ3n) is 5.29. The number of benzene rings is 1. The van der Waals surface area contributed by atoms with Crippen LogP contribution in [0, 0.1) is 11.7 Å². The van der Waals surface area contributed by atoms with Crippen molar-refractivity contribution >= 4 is 36.4 Å². The molecular weight excluding hydrogens is 398 g/mol. The summed E-state index contributed by atoms with van der Waals surface area (Å²) in [5, 5.41) is 3.80. The van der Waals surface area contributed by atoms with Gasteiger partial charge in [0, 0.05) is 32.2 Å². The normalized spacial score (nSPS) is 20.0. The van der Waals surface area contributed by atoms with Crippen molar-refractivity contribution in [1.29, 1.82) is 0 Å². The van der Waals surface area contributed by atoms with Crippen molar-refractivity contribution in [2.75, 3.05) is 32.8 Å². The van der Waals surface area contributed by atoms with Gasteiger partial charge < -0.3 is 10.1 Å². The highest BCUT2D eigenvalue weighted by Crippen LogP contribution is 2.41. The van der Waals surface area contributed by atoms with E-state index in [9.17, 15) is 4.39 Å². The Labute approximate surface area is 173 Å². The summed E-state index contributed by atoms with van der Waals surface area (Å²) in [6.07, 6.45) is 6.33. The zero-order valence-corrected chi connectivity index (χ0v) is 17.7. The molecule has 7 heteroatoms. The van der Waals surface area contributed by atoms with Gasteiger partial charge >= 0.3 is 0 Å². The number of piperazine rings is 1. The van der Waals surface area contributed by atoms with Crippen molar-refractivity contribution in [3.63, 3.8) is 0 Å². The van der Waals surface area contributed by atoms with E-state index in [0.29, 0.717) is 17.5 Å². The van der Waals surface area contributed by atoms with Crippen LogP contribution in [0.3, 0.4) is 0 Å². The Hall–Kier alpha value is -0.260. The molecule has 1 aromatic carbocycles. The second kappa shape index (κ2) is 11.6. The molecule has 1 aliphatic heterocycles. The van der Waals surface area contributed by atoms with Gasteiger partial charge in [0.15, 0.2) is 11.6 Å². The minimum atomic E-state index is -0.338. The first-order valence-corrected chi connectivity index (χ1v) is 9.65. The fourth-order valence-electron chi connectivity index (χ4n) is 4.22. The van der Waals surface area contributed by atoms with Crippen LogP contribution in [-0.4, -0.2) is 37.7 Å². The number of hydrogen-bond donors (Lipinski definition) is 1. The van der Waals surface area contributed by atoms with Crippen LogP contribution in [0.25, 0.3) is 0 Å². The van der Waals surface area contributed by atoms with E-state index in [1.54, 1.807) is 6.07 Å². The topological polar surface area (TPSA) is 24.5 Å². The van der Waals surface area contributed by atoms with E-state index in [4.69, 9.17) is 16.3 Å². The molecule has 0 spiro atoms. The van der Waals surface area contributed by atoms with E-state index in [0.717, 1.165) is 31.7 Å². The molecule has 0 bridgehead atoms. The number of rotatable bonds is 5. The van der Waals surface area contributed by atoms with Crippen molar-refractivity contribution in [1.82, 2.24) is 10.2 Å². The van der Waals surface area contributed by atoms with Crippen LogP contribution in [-0.2, 0) is 0 Å². The Balaban J connectivity index is 0.00000169. The Bertz CT molecular complexity index is 509. The van der Waals surface area contributed by atoms with E-state index >= 15 is 0 Å². The molecule has 2 aliphatic rings. The molecule has 0 radical (unpaired) electrons. The van der Waals surface area contributed by atoms with Crippen LogP contribution in [0.4, 0.5) is 4.39 Å². The molecule has 1 aromatic rings. The van der Waals surface area contributed by atoms with Crippen LogP contribution < -0.4 is 10.1 Å². The number of nitrogens with zero attached hydrogens (tertiary/aromatic N) is 1. The van der Waals surface area contributed by atoms with Gasteiger partial charge in [-0.15, -0.1) is 24.8 Å². The molecule has 3 nitrogen and oxygen atoms in total. The van der Waals surface area contributed by atoms with Gasteiger partial charge in [-0.3, -0.25) is 4.90 Å². The first-order valence-electron chi connectivity index (χ1n) is 9.27. The highest BCUT2D eigenvalue weighted by Gasteiger charge is 2.32. The summed E-state index contributed by atoms with van der Waals surface area (Å²) in [6, 6.07) is 3.84. The number of halogens is 4. The lowest BCUT2D eigenvalue weighted by atomic mass is 9.80. The number of nitrogens with one attached hydrogen (secondary N) is 1. The quantitative estimate of drug-likeness (QED) is 0.694. The first-order chi connectivity index (χ1) is 11.7. The van der Waals surface area contributed by atoms with Crippen molar-refractivity contribution in [3.05, 3.63) is 28.5 Å². The monoisotopic (exact) mass is 426 g/mol. The molecule has 2 fully saturated rings. The Kier molecular flexibility index (Phi) is 10.6. The second-order valence-electron chi connectivity index (χ2n) is 6.88. The van der Waals surface area contributed by atoms with Crippen molar-refractivity contribution < 1.29 is 9.13 Å². The summed E-state index contributed by atoms with van der Waals surface area (Å²) < 4.78 is 19.9. The van der Waals surface area contributed by atoms with Crippen molar-refractivity contribution in [3.8, 4) is 5.75 Å². The second-order valence-corrected chi connectivity index (χ2v) is 7.28. The molecule has 1 atom stereocenters. The lowest BCUT2D eigenvalue weighted by Crippen LogP contribution is -2.47. The zero-order chi connectivity index (χ0) is 16.9. The van der Waals surface area contributed by atoms with Crippen LogP contribution in [0.15, 0.2) is 12.1 Å². The summed E-state index contributed by atoms with van der Waals surface area (Å²) >= 11 is 6.34. The third kappa shape index (κ3) is 5.62. The largest absolute Gasteiger partial charge is 0.489 e. The minimum absolute atomic E-state index is 0. The molecule has 3 rings (SSSR count). The maximum absolute atomic E-state index is 14.6. The van der Waals surface area contributed by atoms with Gasteiger partial charge in [-0.05, 0) is 43.4 Å². The van der Waals surface area contributed by atoms with Gasteiger partial charge in [-0.25, -0.2) is 4.39 Å². The fraction of sp³-hybridized carbons (Fsp3) is 0.684. The highest BCUT2D eigenvalue weighted by atomic mass is 35.5. The van der Waals surface area contributed by atoms with E-state index < -0.39 is 0 Å².